The molecule has 88 valence electrons. The normalized spacial score (nSPS) is 9.56. The lowest BCUT2D eigenvalue weighted by Crippen LogP contribution is -2.13. The van der Waals surface area contributed by atoms with Gasteiger partial charge in [0, 0.05) is 11.9 Å². The number of carbonyl (C=O) groups excluding carboxylic acids is 1. The first kappa shape index (κ1) is 11.8. The molecule has 0 fully saturated rings. The summed E-state index contributed by atoms with van der Waals surface area (Å²) in [6.07, 6.45) is 1.45. The van der Waals surface area contributed by atoms with Crippen LogP contribution in [0.3, 0.4) is 0 Å². The van der Waals surface area contributed by atoms with Gasteiger partial charge in [-0.1, -0.05) is 12.1 Å². The van der Waals surface area contributed by atoms with E-state index in [2.05, 4.69) is 10.3 Å². The lowest BCUT2D eigenvalue weighted by Gasteiger charge is -2.05. The molecular formula is C14H11N3O. The smallest absolute Gasteiger partial charge is 0.274 e. The molecule has 0 bridgehead atoms. The molecule has 0 radical (unpaired) electrons. The summed E-state index contributed by atoms with van der Waals surface area (Å²) in [5.74, 6) is -0.322. The van der Waals surface area contributed by atoms with Gasteiger partial charge < -0.3 is 5.32 Å². The third-order valence-corrected chi connectivity index (χ3v) is 2.40. The highest BCUT2D eigenvalue weighted by Crippen LogP contribution is 2.11. The van der Waals surface area contributed by atoms with E-state index in [0.29, 0.717) is 11.3 Å². The van der Waals surface area contributed by atoms with E-state index in [0.717, 1.165) is 5.56 Å². The lowest BCUT2D eigenvalue weighted by atomic mass is 10.2. The summed E-state index contributed by atoms with van der Waals surface area (Å²) in [5.41, 5.74) is 2.42. The van der Waals surface area contributed by atoms with Crippen LogP contribution in [0.4, 0.5) is 5.69 Å². The van der Waals surface area contributed by atoms with Gasteiger partial charge in [0.05, 0.1) is 11.6 Å². The fraction of sp³-hybridized carbons (Fsp3) is 0.0714. The van der Waals surface area contributed by atoms with Gasteiger partial charge in [-0.05, 0) is 36.8 Å². The molecule has 1 aromatic heterocycles. The van der Waals surface area contributed by atoms with E-state index >= 15 is 0 Å². The molecule has 18 heavy (non-hydrogen) atoms. The molecule has 0 atom stereocenters. The summed E-state index contributed by atoms with van der Waals surface area (Å²) in [6, 6.07) is 12.5. The second kappa shape index (κ2) is 5.11. The molecule has 0 saturated heterocycles. The standard InChI is InChI=1S/C14H11N3O/c1-10-3-2-4-12(7-10)17-14(18)13-8-11(9-15)5-6-16-13/h2-8H,1H3,(H,17,18). The minimum atomic E-state index is -0.322. The Morgan fingerprint density at radius 3 is 2.89 bits per heavy atom. The first-order chi connectivity index (χ1) is 8.69. The van der Waals surface area contributed by atoms with Crippen LogP contribution in [0.15, 0.2) is 42.6 Å². The third kappa shape index (κ3) is 2.71. The molecule has 0 aliphatic rings. The van der Waals surface area contributed by atoms with Gasteiger partial charge in [0.1, 0.15) is 5.69 Å². The van der Waals surface area contributed by atoms with Gasteiger partial charge in [-0.3, -0.25) is 9.78 Å². The minimum Gasteiger partial charge on any atom is -0.321 e. The molecule has 2 aromatic rings. The first-order valence-corrected chi connectivity index (χ1v) is 5.43. The first-order valence-electron chi connectivity index (χ1n) is 5.43. The topological polar surface area (TPSA) is 65.8 Å². The SMILES string of the molecule is Cc1cccc(NC(=O)c2cc(C#N)ccn2)c1. The third-order valence-electron chi connectivity index (χ3n) is 2.40. The van der Waals surface area contributed by atoms with Crippen LogP contribution in [0, 0.1) is 18.3 Å². The number of anilines is 1. The van der Waals surface area contributed by atoms with E-state index in [1.165, 1.54) is 12.3 Å². The van der Waals surface area contributed by atoms with Gasteiger partial charge in [0.15, 0.2) is 0 Å². The van der Waals surface area contributed by atoms with Crippen molar-refractivity contribution in [2.45, 2.75) is 6.92 Å². The molecule has 1 heterocycles. The molecule has 0 unspecified atom stereocenters. The molecule has 4 nitrogen and oxygen atoms in total. The summed E-state index contributed by atoms with van der Waals surface area (Å²) < 4.78 is 0. The van der Waals surface area contributed by atoms with Crippen molar-refractivity contribution in [2.75, 3.05) is 5.32 Å². The van der Waals surface area contributed by atoms with Crippen molar-refractivity contribution >= 4 is 11.6 Å². The molecule has 0 aliphatic carbocycles. The molecule has 0 spiro atoms. The summed E-state index contributed by atoms with van der Waals surface area (Å²) in [5, 5.41) is 11.5. The fourth-order valence-corrected chi connectivity index (χ4v) is 1.54. The largest absolute Gasteiger partial charge is 0.321 e. The van der Waals surface area contributed by atoms with Gasteiger partial charge in [-0.25, -0.2) is 0 Å². The number of aryl methyl sites for hydroxylation is 1. The van der Waals surface area contributed by atoms with Crippen molar-refractivity contribution in [2.24, 2.45) is 0 Å². The van der Waals surface area contributed by atoms with Crippen molar-refractivity contribution < 1.29 is 4.79 Å². The Hall–Kier alpha value is -2.67. The van der Waals surface area contributed by atoms with Crippen LogP contribution in [0.25, 0.3) is 0 Å². The average molecular weight is 237 g/mol. The van der Waals surface area contributed by atoms with Crippen LogP contribution in [-0.2, 0) is 0 Å². The predicted molar refractivity (Wildman–Crippen MR) is 68.1 cm³/mol. The van der Waals surface area contributed by atoms with Crippen LogP contribution in [0.5, 0.6) is 0 Å². The zero-order valence-electron chi connectivity index (χ0n) is 9.84. The van der Waals surface area contributed by atoms with Gasteiger partial charge in [0.2, 0.25) is 0 Å². The average Bonchev–Trinajstić information content (AvgIpc) is 2.39. The Kier molecular flexibility index (Phi) is 3.35. The van der Waals surface area contributed by atoms with Crippen molar-refractivity contribution in [1.29, 1.82) is 5.26 Å². The minimum absolute atomic E-state index is 0.232. The number of nitrogens with zero attached hydrogens (tertiary/aromatic N) is 2. The molecule has 0 aliphatic heterocycles. The van der Waals surface area contributed by atoms with Crippen molar-refractivity contribution in [3.63, 3.8) is 0 Å². The van der Waals surface area contributed by atoms with Gasteiger partial charge in [-0.15, -0.1) is 0 Å². The number of nitriles is 1. The quantitative estimate of drug-likeness (QED) is 0.872. The van der Waals surface area contributed by atoms with Crippen LogP contribution < -0.4 is 5.32 Å². The summed E-state index contributed by atoms with van der Waals surface area (Å²) in [6.45, 7) is 1.95. The number of rotatable bonds is 2. The van der Waals surface area contributed by atoms with Gasteiger partial charge in [0.25, 0.3) is 5.91 Å². The summed E-state index contributed by atoms with van der Waals surface area (Å²) in [7, 11) is 0. The number of aromatic nitrogens is 1. The van der Waals surface area contributed by atoms with E-state index in [1.54, 1.807) is 12.1 Å². The second-order valence-electron chi connectivity index (χ2n) is 3.87. The highest BCUT2D eigenvalue weighted by atomic mass is 16.1. The second-order valence-corrected chi connectivity index (χ2v) is 3.87. The van der Waals surface area contributed by atoms with Gasteiger partial charge >= 0.3 is 0 Å². The van der Waals surface area contributed by atoms with E-state index in [9.17, 15) is 4.79 Å². The Bertz CT molecular complexity index is 629. The van der Waals surface area contributed by atoms with Gasteiger partial charge in [-0.2, -0.15) is 5.26 Å². The molecule has 2 rings (SSSR count). The summed E-state index contributed by atoms with van der Waals surface area (Å²) in [4.78, 5) is 15.9. The zero-order chi connectivity index (χ0) is 13.0. The zero-order valence-corrected chi connectivity index (χ0v) is 9.84. The highest BCUT2D eigenvalue weighted by Gasteiger charge is 2.08. The Morgan fingerprint density at radius 2 is 2.17 bits per heavy atom. The number of hydrogen-bond acceptors (Lipinski definition) is 3. The Morgan fingerprint density at radius 1 is 1.33 bits per heavy atom. The summed E-state index contributed by atoms with van der Waals surface area (Å²) >= 11 is 0. The number of hydrogen-bond donors (Lipinski definition) is 1. The van der Waals surface area contributed by atoms with Crippen LogP contribution in [0.2, 0.25) is 0 Å². The maximum atomic E-state index is 11.9. The molecule has 1 amide bonds. The van der Waals surface area contributed by atoms with Crippen molar-refractivity contribution in [1.82, 2.24) is 4.98 Å². The number of carbonyl (C=O) groups is 1. The van der Waals surface area contributed by atoms with E-state index < -0.39 is 0 Å². The number of amides is 1. The molecule has 1 aromatic carbocycles. The van der Waals surface area contributed by atoms with Crippen LogP contribution in [-0.4, -0.2) is 10.9 Å². The number of benzene rings is 1. The van der Waals surface area contributed by atoms with Crippen LogP contribution in [0.1, 0.15) is 21.6 Å². The van der Waals surface area contributed by atoms with Crippen LogP contribution >= 0.6 is 0 Å². The Balaban J connectivity index is 2.20. The fourth-order valence-electron chi connectivity index (χ4n) is 1.54. The number of nitrogens with one attached hydrogen (secondary N) is 1. The van der Waals surface area contributed by atoms with E-state index in [4.69, 9.17) is 5.26 Å². The maximum absolute atomic E-state index is 11.9. The molecule has 1 N–H and O–H groups in total. The van der Waals surface area contributed by atoms with E-state index in [1.807, 2.05) is 31.2 Å². The van der Waals surface area contributed by atoms with Crippen molar-refractivity contribution in [3.8, 4) is 6.07 Å². The maximum Gasteiger partial charge on any atom is 0.274 e. The van der Waals surface area contributed by atoms with Crippen molar-refractivity contribution in [3.05, 3.63) is 59.4 Å². The Labute approximate surface area is 105 Å². The molecule has 4 heteroatoms. The number of pyridine rings is 1. The predicted octanol–water partition coefficient (Wildman–Crippen LogP) is 2.51. The highest BCUT2D eigenvalue weighted by molar-refractivity contribution is 6.03. The molecular weight excluding hydrogens is 226 g/mol. The lowest BCUT2D eigenvalue weighted by molar-refractivity contribution is 0.102. The van der Waals surface area contributed by atoms with E-state index in [-0.39, 0.29) is 11.6 Å². The monoisotopic (exact) mass is 237 g/mol. The molecule has 0 saturated carbocycles.